The summed E-state index contributed by atoms with van der Waals surface area (Å²) in [6, 6.07) is 18.6. The monoisotopic (exact) mass is 366 g/mol. The number of amides is 1. The molecule has 0 bridgehead atoms. The van der Waals surface area contributed by atoms with Crippen molar-refractivity contribution in [3.63, 3.8) is 0 Å². The number of furan rings is 1. The van der Waals surface area contributed by atoms with E-state index in [0.717, 1.165) is 16.5 Å². The third-order valence-corrected chi connectivity index (χ3v) is 4.22. The first kappa shape index (κ1) is 16.4. The van der Waals surface area contributed by atoms with Crippen LogP contribution < -0.4 is 5.32 Å². The molecule has 130 valence electrons. The van der Waals surface area contributed by atoms with E-state index in [1.54, 1.807) is 18.2 Å². The predicted molar refractivity (Wildman–Crippen MR) is 98.7 cm³/mol. The number of benzene rings is 2. The summed E-state index contributed by atoms with van der Waals surface area (Å²) in [6.45, 7) is 0.288. The van der Waals surface area contributed by atoms with Crippen LogP contribution >= 0.6 is 11.6 Å². The zero-order valence-corrected chi connectivity index (χ0v) is 14.5. The first-order chi connectivity index (χ1) is 12.7. The predicted octanol–water partition coefficient (Wildman–Crippen LogP) is 4.60. The largest absolute Gasteiger partial charge is 0.453 e. The third kappa shape index (κ3) is 3.63. The maximum atomic E-state index is 12.0. The number of halogens is 1. The topological polar surface area (TPSA) is 68.3 Å². The molecule has 5 nitrogen and oxygen atoms in total. The smallest absolute Gasteiger partial charge is 0.224 e. The number of rotatable bonds is 5. The molecule has 0 fully saturated rings. The van der Waals surface area contributed by atoms with Crippen molar-refractivity contribution in [2.45, 2.75) is 13.0 Å². The minimum atomic E-state index is -0.0967. The van der Waals surface area contributed by atoms with Gasteiger partial charge >= 0.3 is 0 Å². The van der Waals surface area contributed by atoms with Crippen molar-refractivity contribution >= 4 is 28.5 Å². The van der Waals surface area contributed by atoms with Gasteiger partial charge in [-0.3, -0.25) is 4.79 Å². The molecule has 0 radical (unpaired) electrons. The van der Waals surface area contributed by atoms with Crippen LogP contribution in [-0.2, 0) is 17.8 Å². The molecule has 0 aliphatic rings. The van der Waals surface area contributed by atoms with E-state index in [1.165, 1.54) is 0 Å². The first-order valence-corrected chi connectivity index (χ1v) is 8.51. The lowest BCUT2D eigenvalue weighted by molar-refractivity contribution is -0.120. The second kappa shape index (κ2) is 7.06. The Kier molecular flexibility index (Phi) is 4.46. The number of fused-ring (bicyclic) bond motifs is 1. The number of aromatic nitrogens is 1. The number of nitrogens with one attached hydrogen (secondary N) is 1. The molecular formula is C20H15ClN2O3. The molecule has 1 N–H and O–H groups in total. The Morgan fingerprint density at radius 1 is 1.04 bits per heavy atom. The minimum absolute atomic E-state index is 0.0967. The van der Waals surface area contributed by atoms with E-state index in [0.29, 0.717) is 22.2 Å². The summed E-state index contributed by atoms with van der Waals surface area (Å²) in [5.41, 5.74) is 2.32. The number of carbonyl (C=O) groups excluding carboxylic acids is 1. The molecule has 4 rings (SSSR count). The Hall–Kier alpha value is -3.05. The van der Waals surface area contributed by atoms with E-state index in [2.05, 4.69) is 10.5 Å². The lowest BCUT2D eigenvalue weighted by Crippen LogP contribution is -2.24. The highest BCUT2D eigenvalue weighted by molar-refractivity contribution is 6.30. The molecule has 0 unspecified atom stereocenters. The number of hydrogen-bond donors (Lipinski definition) is 1. The second-order valence-electron chi connectivity index (χ2n) is 5.91. The van der Waals surface area contributed by atoms with Crippen LogP contribution in [0.3, 0.4) is 0 Å². The van der Waals surface area contributed by atoms with E-state index >= 15 is 0 Å². The van der Waals surface area contributed by atoms with Crippen LogP contribution in [0, 0.1) is 0 Å². The van der Waals surface area contributed by atoms with E-state index in [1.807, 2.05) is 42.5 Å². The molecule has 26 heavy (non-hydrogen) atoms. The maximum absolute atomic E-state index is 12.0. The maximum Gasteiger partial charge on any atom is 0.224 e. The number of nitrogens with zero attached hydrogens (tertiary/aromatic N) is 1. The molecule has 6 heteroatoms. The Morgan fingerprint density at radius 2 is 1.85 bits per heavy atom. The quantitative estimate of drug-likeness (QED) is 0.560. The summed E-state index contributed by atoms with van der Waals surface area (Å²) in [5, 5.41) is 8.46. The molecule has 0 saturated heterocycles. The third-order valence-electron chi connectivity index (χ3n) is 3.97. The van der Waals surface area contributed by atoms with Gasteiger partial charge in [0.2, 0.25) is 11.7 Å². The summed E-state index contributed by atoms with van der Waals surface area (Å²) < 4.78 is 11.1. The molecule has 2 heterocycles. The minimum Gasteiger partial charge on any atom is -0.453 e. The fourth-order valence-corrected chi connectivity index (χ4v) is 2.78. The van der Waals surface area contributed by atoms with Crippen LogP contribution in [0.25, 0.3) is 22.5 Å². The number of para-hydroxylation sites is 1. The molecule has 0 spiro atoms. The van der Waals surface area contributed by atoms with Gasteiger partial charge in [0.05, 0.1) is 13.0 Å². The summed E-state index contributed by atoms with van der Waals surface area (Å²) >= 11 is 5.84. The van der Waals surface area contributed by atoms with Crippen molar-refractivity contribution in [3.8, 4) is 11.5 Å². The van der Waals surface area contributed by atoms with Crippen molar-refractivity contribution < 1.29 is 13.7 Å². The summed E-state index contributed by atoms with van der Waals surface area (Å²) in [6.07, 6.45) is 0.283. The van der Waals surface area contributed by atoms with Crippen molar-refractivity contribution in [1.29, 1.82) is 0 Å². The fraction of sp³-hybridized carbons (Fsp3) is 0.100. The van der Waals surface area contributed by atoms with Gasteiger partial charge in [0.25, 0.3) is 0 Å². The van der Waals surface area contributed by atoms with Crippen molar-refractivity contribution in [3.05, 3.63) is 76.9 Å². The normalized spacial score (nSPS) is 11.0. The molecular weight excluding hydrogens is 352 g/mol. The Balaban J connectivity index is 1.38. The van der Waals surface area contributed by atoms with Crippen LogP contribution in [0.5, 0.6) is 0 Å². The number of hydrogen-bond acceptors (Lipinski definition) is 4. The van der Waals surface area contributed by atoms with E-state index in [9.17, 15) is 4.79 Å². The second-order valence-corrected chi connectivity index (χ2v) is 6.35. The Morgan fingerprint density at radius 3 is 2.65 bits per heavy atom. The van der Waals surface area contributed by atoms with Gasteiger partial charge in [-0.2, -0.15) is 0 Å². The highest BCUT2D eigenvalue weighted by Crippen LogP contribution is 2.28. The highest BCUT2D eigenvalue weighted by atomic mass is 35.5. The van der Waals surface area contributed by atoms with Gasteiger partial charge in [-0.1, -0.05) is 47.1 Å². The Labute approximate surface area is 154 Å². The van der Waals surface area contributed by atoms with Gasteiger partial charge < -0.3 is 14.3 Å². The van der Waals surface area contributed by atoms with Gasteiger partial charge in [-0.25, -0.2) is 0 Å². The SMILES string of the molecule is O=C(Cc1ccc(Cl)cc1)NCc1cc(-c2cc3ccccc3o2)on1. The zero-order valence-electron chi connectivity index (χ0n) is 13.7. The average Bonchev–Trinajstić information content (AvgIpc) is 3.28. The van der Waals surface area contributed by atoms with Gasteiger partial charge in [-0.05, 0) is 29.8 Å². The van der Waals surface area contributed by atoms with Gasteiger partial charge in [-0.15, -0.1) is 0 Å². The lowest BCUT2D eigenvalue weighted by atomic mass is 10.1. The van der Waals surface area contributed by atoms with E-state index < -0.39 is 0 Å². The molecule has 0 saturated carbocycles. The standard InChI is InChI=1S/C20H15ClN2O3/c21-15-7-5-13(6-8-15)9-20(24)22-12-16-11-19(26-23-16)18-10-14-3-1-2-4-17(14)25-18/h1-8,10-11H,9,12H2,(H,22,24). The van der Waals surface area contributed by atoms with Crippen molar-refractivity contribution in [1.82, 2.24) is 10.5 Å². The molecule has 2 aromatic carbocycles. The first-order valence-electron chi connectivity index (χ1n) is 8.13. The lowest BCUT2D eigenvalue weighted by Gasteiger charge is -2.03. The van der Waals surface area contributed by atoms with Gasteiger partial charge in [0, 0.05) is 16.5 Å². The van der Waals surface area contributed by atoms with Crippen LogP contribution in [-0.4, -0.2) is 11.1 Å². The zero-order chi connectivity index (χ0) is 17.9. The van der Waals surface area contributed by atoms with E-state index in [4.69, 9.17) is 20.5 Å². The van der Waals surface area contributed by atoms with Crippen molar-refractivity contribution in [2.24, 2.45) is 0 Å². The van der Waals surface area contributed by atoms with Crippen molar-refractivity contribution in [2.75, 3.05) is 0 Å². The van der Waals surface area contributed by atoms with Crippen LogP contribution in [0.2, 0.25) is 5.02 Å². The molecule has 0 aliphatic carbocycles. The molecule has 0 atom stereocenters. The van der Waals surface area contributed by atoms with Crippen LogP contribution in [0.15, 0.2) is 69.6 Å². The van der Waals surface area contributed by atoms with Crippen LogP contribution in [0.1, 0.15) is 11.3 Å². The average molecular weight is 367 g/mol. The molecule has 0 aliphatic heterocycles. The summed E-state index contributed by atoms with van der Waals surface area (Å²) in [4.78, 5) is 12.0. The van der Waals surface area contributed by atoms with Gasteiger partial charge in [0.1, 0.15) is 11.3 Å². The number of carbonyl (C=O) groups is 1. The van der Waals surface area contributed by atoms with Gasteiger partial charge in [0.15, 0.2) is 5.76 Å². The van der Waals surface area contributed by atoms with Crippen LogP contribution in [0.4, 0.5) is 0 Å². The summed E-state index contributed by atoms with van der Waals surface area (Å²) in [7, 11) is 0. The molecule has 2 aromatic heterocycles. The summed E-state index contributed by atoms with van der Waals surface area (Å²) in [5.74, 6) is 1.04. The fourth-order valence-electron chi connectivity index (χ4n) is 2.65. The highest BCUT2D eigenvalue weighted by Gasteiger charge is 2.12. The molecule has 4 aromatic rings. The molecule has 1 amide bonds. The Bertz CT molecular complexity index is 1020. The van der Waals surface area contributed by atoms with E-state index in [-0.39, 0.29) is 18.9 Å².